The van der Waals surface area contributed by atoms with Crippen LogP contribution in [0.3, 0.4) is 0 Å². The molecule has 3 aromatic carbocycles. The summed E-state index contributed by atoms with van der Waals surface area (Å²) in [5, 5.41) is 21.0. The molecule has 0 aliphatic rings. The second-order valence-corrected chi connectivity index (χ2v) is 10.2. The van der Waals surface area contributed by atoms with Gasteiger partial charge < -0.3 is 5.32 Å². The largest absolute Gasteiger partial charge is 0.377 e. The zero-order valence-corrected chi connectivity index (χ0v) is 21.2. The molecule has 1 atom stereocenters. The Kier molecular flexibility index (Phi) is 7.39. The first-order chi connectivity index (χ1) is 17.7. The monoisotopic (exact) mass is 512 g/mol. The molecule has 36 heavy (non-hydrogen) atoms. The van der Waals surface area contributed by atoms with Gasteiger partial charge in [-0.15, -0.1) is 21.5 Å². The second kappa shape index (κ2) is 11.2. The van der Waals surface area contributed by atoms with Gasteiger partial charge in [-0.3, -0.25) is 9.36 Å². The van der Waals surface area contributed by atoms with Gasteiger partial charge in [0.25, 0.3) is 5.91 Å². The zero-order valence-electron chi connectivity index (χ0n) is 19.5. The summed E-state index contributed by atoms with van der Waals surface area (Å²) in [6.07, 6.45) is 1.64. The highest BCUT2D eigenvalue weighted by molar-refractivity contribution is 8.00. The number of nitrogens with one attached hydrogen (secondary N) is 2. The molecule has 7 nitrogen and oxygen atoms in total. The fourth-order valence-corrected chi connectivity index (χ4v) is 5.17. The van der Waals surface area contributed by atoms with E-state index in [4.69, 9.17) is 0 Å². The minimum absolute atomic E-state index is 0.203. The SMILES string of the molecule is CC(Sc1nnc(CNc2cccc3ccccc23)n1-c1ccccc1)C(=O)NN=Cc1cccs1. The Bertz CT molecular complexity index is 1480. The van der Waals surface area contributed by atoms with Crippen LogP contribution in [0, 0.1) is 0 Å². The molecule has 0 saturated carbocycles. The molecular formula is C27H24N6OS2. The van der Waals surface area contributed by atoms with Gasteiger partial charge in [-0.1, -0.05) is 72.4 Å². The summed E-state index contributed by atoms with van der Waals surface area (Å²) in [7, 11) is 0. The lowest BCUT2D eigenvalue weighted by atomic mass is 10.1. The van der Waals surface area contributed by atoms with Crippen molar-refractivity contribution < 1.29 is 4.79 Å². The van der Waals surface area contributed by atoms with Crippen LogP contribution in [0.4, 0.5) is 5.69 Å². The van der Waals surface area contributed by atoms with Gasteiger partial charge in [0.2, 0.25) is 0 Å². The number of thioether (sulfide) groups is 1. The summed E-state index contributed by atoms with van der Waals surface area (Å²) in [5.41, 5.74) is 4.58. The van der Waals surface area contributed by atoms with E-state index in [1.165, 1.54) is 17.1 Å². The average molecular weight is 513 g/mol. The van der Waals surface area contributed by atoms with Crippen molar-refractivity contribution in [1.29, 1.82) is 0 Å². The number of para-hydroxylation sites is 1. The van der Waals surface area contributed by atoms with Crippen molar-refractivity contribution in [3.05, 3.63) is 101 Å². The van der Waals surface area contributed by atoms with Crippen LogP contribution in [0.15, 0.2) is 101 Å². The molecule has 0 spiro atoms. The van der Waals surface area contributed by atoms with Gasteiger partial charge in [0.1, 0.15) is 0 Å². The number of fused-ring (bicyclic) bond motifs is 1. The molecule has 0 bridgehead atoms. The van der Waals surface area contributed by atoms with Gasteiger partial charge in [-0.2, -0.15) is 5.10 Å². The van der Waals surface area contributed by atoms with E-state index in [9.17, 15) is 4.79 Å². The molecule has 2 N–H and O–H groups in total. The molecule has 5 aromatic rings. The lowest BCUT2D eigenvalue weighted by Gasteiger charge is -2.14. The lowest BCUT2D eigenvalue weighted by molar-refractivity contribution is -0.120. The van der Waals surface area contributed by atoms with Crippen LogP contribution in [0.2, 0.25) is 0 Å². The van der Waals surface area contributed by atoms with Crippen LogP contribution in [-0.2, 0) is 11.3 Å². The van der Waals surface area contributed by atoms with Crippen LogP contribution in [-0.4, -0.2) is 32.1 Å². The first-order valence-electron chi connectivity index (χ1n) is 11.4. The average Bonchev–Trinajstić information content (AvgIpc) is 3.58. The van der Waals surface area contributed by atoms with Crippen molar-refractivity contribution in [2.75, 3.05) is 5.32 Å². The van der Waals surface area contributed by atoms with E-state index in [1.807, 2.05) is 77.5 Å². The number of carbonyl (C=O) groups excluding carboxylic acids is 1. The molecule has 1 unspecified atom stereocenters. The number of hydrazone groups is 1. The minimum atomic E-state index is -0.420. The summed E-state index contributed by atoms with van der Waals surface area (Å²) in [5.74, 6) is 0.547. The van der Waals surface area contributed by atoms with E-state index in [-0.39, 0.29) is 5.91 Å². The quantitative estimate of drug-likeness (QED) is 0.150. The Hall–Kier alpha value is -3.95. The molecule has 0 saturated heterocycles. The maximum Gasteiger partial charge on any atom is 0.253 e. The fourth-order valence-electron chi connectivity index (χ4n) is 3.71. The third-order valence-electron chi connectivity index (χ3n) is 5.50. The topological polar surface area (TPSA) is 84.2 Å². The Morgan fingerprint density at radius 3 is 2.67 bits per heavy atom. The van der Waals surface area contributed by atoms with E-state index < -0.39 is 5.25 Å². The second-order valence-electron chi connectivity index (χ2n) is 7.96. The smallest absolute Gasteiger partial charge is 0.253 e. The van der Waals surface area contributed by atoms with Crippen molar-refractivity contribution in [2.45, 2.75) is 23.9 Å². The Morgan fingerprint density at radius 2 is 1.83 bits per heavy atom. The zero-order chi connectivity index (χ0) is 24.7. The number of aromatic nitrogens is 3. The van der Waals surface area contributed by atoms with Gasteiger partial charge in [0.15, 0.2) is 11.0 Å². The Morgan fingerprint density at radius 1 is 1.03 bits per heavy atom. The number of benzene rings is 3. The number of anilines is 1. The summed E-state index contributed by atoms with van der Waals surface area (Å²) in [4.78, 5) is 13.6. The summed E-state index contributed by atoms with van der Waals surface area (Å²) in [6, 6.07) is 28.3. The summed E-state index contributed by atoms with van der Waals surface area (Å²) >= 11 is 2.90. The van der Waals surface area contributed by atoms with Crippen LogP contribution in [0.25, 0.3) is 16.5 Å². The highest BCUT2D eigenvalue weighted by Crippen LogP contribution is 2.27. The van der Waals surface area contributed by atoms with Crippen molar-refractivity contribution in [3.8, 4) is 5.69 Å². The fraction of sp³-hybridized carbons (Fsp3) is 0.111. The number of thiophene rings is 1. The minimum Gasteiger partial charge on any atom is -0.377 e. The van der Waals surface area contributed by atoms with Crippen molar-refractivity contribution in [3.63, 3.8) is 0 Å². The first kappa shape index (κ1) is 23.8. The standard InChI is InChI=1S/C27H24N6OS2/c1-19(26(34)31-29-17-22-13-8-16-35-22)36-27-32-30-25(33(27)21-11-3-2-4-12-21)18-28-24-15-7-10-20-9-5-6-14-23(20)24/h2-17,19,28H,18H2,1H3,(H,31,34). The molecule has 0 aliphatic carbocycles. The number of amides is 1. The molecule has 5 rings (SSSR count). The Labute approximate surface area is 217 Å². The van der Waals surface area contributed by atoms with Crippen LogP contribution in [0.5, 0.6) is 0 Å². The number of carbonyl (C=O) groups is 1. The maximum absolute atomic E-state index is 12.7. The van der Waals surface area contributed by atoms with Gasteiger partial charge in [-0.05, 0) is 42.0 Å². The normalized spacial score (nSPS) is 12.1. The van der Waals surface area contributed by atoms with Gasteiger partial charge in [0.05, 0.1) is 18.0 Å². The molecule has 9 heteroatoms. The lowest BCUT2D eigenvalue weighted by Crippen LogP contribution is -2.27. The molecular weight excluding hydrogens is 488 g/mol. The van der Waals surface area contributed by atoms with Crippen LogP contribution < -0.4 is 10.7 Å². The number of rotatable bonds is 9. The Balaban J connectivity index is 1.35. The number of nitrogens with zero attached hydrogens (tertiary/aromatic N) is 4. The van der Waals surface area contributed by atoms with E-state index in [2.05, 4.69) is 50.3 Å². The summed E-state index contributed by atoms with van der Waals surface area (Å²) < 4.78 is 1.99. The molecule has 180 valence electrons. The third kappa shape index (κ3) is 5.48. The van der Waals surface area contributed by atoms with Gasteiger partial charge in [0, 0.05) is 21.6 Å². The number of hydrogen-bond donors (Lipinski definition) is 2. The summed E-state index contributed by atoms with van der Waals surface area (Å²) in [6.45, 7) is 2.31. The van der Waals surface area contributed by atoms with Gasteiger partial charge in [-0.25, -0.2) is 5.43 Å². The predicted octanol–water partition coefficient (Wildman–Crippen LogP) is 5.73. The first-order valence-corrected chi connectivity index (χ1v) is 13.2. The molecule has 0 fully saturated rings. The maximum atomic E-state index is 12.7. The number of hydrogen-bond acceptors (Lipinski definition) is 7. The van der Waals surface area contributed by atoms with Crippen LogP contribution in [0.1, 0.15) is 17.6 Å². The molecule has 0 radical (unpaired) electrons. The van der Waals surface area contributed by atoms with Crippen molar-refractivity contribution in [1.82, 2.24) is 20.2 Å². The van der Waals surface area contributed by atoms with Crippen molar-refractivity contribution >= 4 is 51.7 Å². The predicted molar refractivity (Wildman–Crippen MR) is 148 cm³/mol. The van der Waals surface area contributed by atoms with E-state index in [0.29, 0.717) is 11.7 Å². The van der Waals surface area contributed by atoms with Crippen LogP contribution >= 0.6 is 23.1 Å². The molecule has 1 amide bonds. The van der Waals surface area contributed by atoms with E-state index in [0.717, 1.165) is 27.5 Å². The van der Waals surface area contributed by atoms with Gasteiger partial charge >= 0.3 is 0 Å². The van der Waals surface area contributed by atoms with Crippen molar-refractivity contribution in [2.24, 2.45) is 5.10 Å². The molecule has 0 aliphatic heterocycles. The highest BCUT2D eigenvalue weighted by atomic mass is 32.2. The molecule has 2 heterocycles. The van der Waals surface area contributed by atoms with E-state index in [1.54, 1.807) is 17.6 Å². The van der Waals surface area contributed by atoms with E-state index >= 15 is 0 Å². The third-order valence-corrected chi connectivity index (χ3v) is 7.35. The highest BCUT2D eigenvalue weighted by Gasteiger charge is 2.21. The molecule has 2 aromatic heterocycles.